The Hall–Kier alpha value is -1.51. The first kappa shape index (κ1) is 16.4. The van der Waals surface area contributed by atoms with Crippen LogP contribution in [0.25, 0.3) is 0 Å². The molecular formula is C15H23N4O3S+. The van der Waals surface area contributed by atoms with Crippen molar-refractivity contribution in [1.29, 1.82) is 0 Å². The second kappa shape index (κ2) is 6.54. The number of morpholine rings is 1. The van der Waals surface area contributed by atoms with E-state index < -0.39 is 0 Å². The fourth-order valence-electron chi connectivity index (χ4n) is 2.85. The van der Waals surface area contributed by atoms with Crippen molar-refractivity contribution in [2.24, 2.45) is 5.41 Å². The molecule has 1 aromatic heterocycles. The number of thiazole rings is 1. The van der Waals surface area contributed by atoms with Gasteiger partial charge in [-0.05, 0) is 11.8 Å². The largest absolute Gasteiger partial charge is 0.370 e. The van der Waals surface area contributed by atoms with Crippen molar-refractivity contribution < 1.29 is 19.2 Å². The van der Waals surface area contributed by atoms with Crippen LogP contribution in [-0.2, 0) is 16.0 Å². The highest BCUT2D eigenvalue weighted by Crippen LogP contribution is 2.31. The monoisotopic (exact) mass is 339 g/mol. The van der Waals surface area contributed by atoms with Crippen LogP contribution >= 0.6 is 11.3 Å². The molecule has 7 nitrogen and oxygen atoms in total. The van der Waals surface area contributed by atoms with Gasteiger partial charge in [0.05, 0.1) is 18.9 Å². The third-order valence-corrected chi connectivity index (χ3v) is 5.15. The number of carbonyl (C=O) groups is 2. The average Bonchev–Trinajstić information content (AvgIpc) is 2.83. The molecule has 23 heavy (non-hydrogen) atoms. The number of quaternary nitrogens is 1. The Morgan fingerprint density at radius 3 is 2.91 bits per heavy atom. The number of amides is 2. The summed E-state index contributed by atoms with van der Waals surface area (Å²) in [5.74, 6) is -0.159. The molecule has 0 saturated carbocycles. The van der Waals surface area contributed by atoms with E-state index in [4.69, 9.17) is 4.74 Å². The van der Waals surface area contributed by atoms with Crippen molar-refractivity contribution in [3.63, 3.8) is 0 Å². The molecule has 1 fully saturated rings. The number of fused-ring (bicyclic) bond motifs is 1. The quantitative estimate of drug-likeness (QED) is 0.680. The maximum Gasteiger partial charge on any atom is 0.281 e. The second-order valence-corrected chi connectivity index (χ2v) is 7.90. The summed E-state index contributed by atoms with van der Waals surface area (Å²) in [5.41, 5.74) is 0.748. The van der Waals surface area contributed by atoms with Gasteiger partial charge in [-0.3, -0.25) is 14.9 Å². The van der Waals surface area contributed by atoms with E-state index >= 15 is 0 Å². The summed E-state index contributed by atoms with van der Waals surface area (Å²) in [6.45, 7) is 8.33. The second-order valence-electron chi connectivity index (χ2n) is 6.91. The van der Waals surface area contributed by atoms with Gasteiger partial charge in [0.2, 0.25) is 0 Å². The lowest BCUT2D eigenvalue weighted by Crippen LogP contribution is -3.15. The molecule has 3 N–H and O–H groups in total. The van der Waals surface area contributed by atoms with Gasteiger partial charge in [0.25, 0.3) is 11.8 Å². The first-order valence-electron chi connectivity index (χ1n) is 7.92. The normalized spacial score (nSPS) is 21.2. The van der Waals surface area contributed by atoms with Crippen LogP contribution in [0.2, 0.25) is 0 Å². The Morgan fingerprint density at radius 2 is 2.17 bits per heavy atom. The van der Waals surface area contributed by atoms with Crippen LogP contribution in [-0.4, -0.2) is 56.2 Å². The highest BCUT2D eigenvalue weighted by molar-refractivity contribution is 7.17. The molecule has 2 amide bonds. The Kier molecular flexibility index (Phi) is 4.65. The average molecular weight is 339 g/mol. The first-order chi connectivity index (χ1) is 10.9. The molecule has 3 rings (SSSR count). The van der Waals surface area contributed by atoms with E-state index in [0.29, 0.717) is 36.3 Å². The molecule has 126 valence electrons. The van der Waals surface area contributed by atoms with E-state index in [0.717, 1.165) is 25.2 Å². The van der Waals surface area contributed by atoms with Gasteiger partial charge in [-0.15, -0.1) is 0 Å². The molecule has 0 spiro atoms. The van der Waals surface area contributed by atoms with Crippen molar-refractivity contribution >= 4 is 28.3 Å². The van der Waals surface area contributed by atoms with Gasteiger partial charge in [0.1, 0.15) is 18.0 Å². The van der Waals surface area contributed by atoms with Gasteiger partial charge in [-0.25, -0.2) is 4.98 Å². The van der Waals surface area contributed by atoms with Crippen LogP contribution in [0, 0.1) is 5.41 Å². The molecule has 3 heterocycles. The number of nitrogens with zero attached hydrogens (tertiary/aromatic N) is 1. The van der Waals surface area contributed by atoms with Crippen LogP contribution in [0.3, 0.4) is 0 Å². The van der Waals surface area contributed by atoms with Crippen molar-refractivity contribution in [3.05, 3.63) is 10.6 Å². The topological polar surface area (TPSA) is 84.8 Å². The number of rotatable bonds is 3. The lowest BCUT2D eigenvalue weighted by Gasteiger charge is -2.22. The van der Waals surface area contributed by atoms with E-state index in [1.807, 2.05) is 0 Å². The minimum atomic E-state index is -0.0950. The molecular weight excluding hydrogens is 316 g/mol. The highest BCUT2D eigenvalue weighted by atomic mass is 32.1. The lowest BCUT2D eigenvalue weighted by molar-refractivity contribution is -0.899. The number of nitrogens with one attached hydrogen (secondary N) is 3. The third kappa shape index (κ3) is 4.07. The molecule has 0 bridgehead atoms. The molecule has 2 aliphatic heterocycles. The summed E-state index contributed by atoms with van der Waals surface area (Å²) in [6, 6.07) is 0. The molecule has 1 saturated heterocycles. The Labute approximate surface area is 139 Å². The van der Waals surface area contributed by atoms with Gasteiger partial charge >= 0.3 is 0 Å². The van der Waals surface area contributed by atoms with Crippen LogP contribution in [0.1, 0.15) is 29.2 Å². The zero-order valence-electron chi connectivity index (χ0n) is 13.5. The summed E-state index contributed by atoms with van der Waals surface area (Å²) < 4.78 is 5.29. The lowest BCUT2D eigenvalue weighted by atomic mass is 9.88. The molecule has 8 heteroatoms. The third-order valence-electron chi connectivity index (χ3n) is 4.13. The van der Waals surface area contributed by atoms with E-state index in [1.54, 1.807) is 0 Å². The number of aromatic nitrogens is 1. The molecule has 0 aliphatic carbocycles. The number of anilines is 1. The smallest absolute Gasteiger partial charge is 0.281 e. The first-order valence-corrected chi connectivity index (χ1v) is 8.74. The van der Waals surface area contributed by atoms with Crippen LogP contribution in [0.4, 0.5) is 5.13 Å². The van der Waals surface area contributed by atoms with E-state index in [9.17, 15) is 9.59 Å². The standard InChI is InChI=1S/C15H22N4O3S/c1-15(2)7-10-12(13(21)16-9-15)23-14(17-10)18-11(20)8-19-3-5-22-6-4-19/h3-9H2,1-2H3,(H,16,21)(H,17,18,20)/p+1. The van der Waals surface area contributed by atoms with Gasteiger partial charge in [0, 0.05) is 6.54 Å². The fourth-order valence-corrected chi connectivity index (χ4v) is 3.76. The zero-order chi connectivity index (χ0) is 16.4. The molecule has 0 aromatic carbocycles. The van der Waals surface area contributed by atoms with Crippen molar-refractivity contribution in [3.8, 4) is 0 Å². The maximum absolute atomic E-state index is 12.2. The van der Waals surface area contributed by atoms with Gasteiger partial charge in [0.15, 0.2) is 11.7 Å². The summed E-state index contributed by atoms with van der Waals surface area (Å²) in [5, 5.41) is 6.28. The SMILES string of the molecule is CC1(C)CNC(=O)c2sc(NC(=O)C[NH+]3CCOCC3)nc2C1. The minimum Gasteiger partial charge on any atom is -0.370 e. The van der Waals surface area contributed by atoms with Crippen molar-refractivity contribution in [2.45, 2.75) is 20.3 Å². The number of ether oxygens (including phenoxy) is 1. The van der Waals surface area contributed by atoms with Crippen LogP contribution in [0.15, 0.2) is 0 Å². The molecule has 1 aromatic rings. The summed E-state index contributed by atoms with van der Waals surface area (Å²) >= 11 is 1.26. The minimum absolute atomic E-state index is 0.0335. The Balaban J connectivity index is 1.66. The predicted molar refractivity (Wildman–Crippen MR) is 86.9 cm³/mol. The number of hydrogen-bond donors (Lipinski definition) is 3. The molecule has 0 atom stereocenters. The summed E-state index contributed by atoms with van der Waals surface area (Å²) in [7, 11) is 0. The van der Waals surface area contributed by atoms with Gasteiger partial charge in [-0.1, -0.05) is 25.2 Å². The summed E-state index contributed by atoms with van der Waals surface area (Å²) in [4.78, 5) is 30.6. The van der Waals surface area contributed by atoms with Crippen molar-refractivity contribution in [2.75, 3.05) is 44.7 Å². The van der Waals surface area contributed by atoms with E-state index in [2.05, 4.69) is 29.5 Å². The number of hydrogen-bond acceptors (Lipinski definition) is 5. The molecule has 2 aliphatic rings. The highest BCUT2D eigenvalue weighted by Gasteiger charge is 2.30. The van der Waals surface area contributed by atoms with Crippen LogP contribution in [0.5, 0.6) is 0 Å². The number of carbonyl (C=O) groups excluding carboxylic acids is 2. The van der Waals surface area contributed by atoms with E-state index in [-0.39, 0.29) is 17.2 Å². The van der Waals surface area contributed by atoms with Crippen LogP contribution < -0.4 is 15.5 Å². The van der Waals surface area contributed by atoms with E-state index in [1.165, 1.54) is 16.2 Å². The Bertz CT molecular complexity index is 608. The summed E-state index contributed by atoms with van der Waals surface area (Å²) in [6.07, 6.45) is 0.724. The molecule has 0 unspecified atom stereocenters. The van der Waals surface area contributed by atoms with Gasteiger partial charge < -0.3 is 15.0 Å². The Morgan fingerprint density at radius 1 is 1.43 bits per heavy atom. The van der Waals surface area contributed by atoms with Gasteiger partial charge in [-0.2, -0.15) is 0 Å². The molecule has 0 radical (unpaired) electrons. The maximum atomic E-state index is 12.2. The van der Waals surface area contributed by atoms with Crippen molar-refractivity contribution in [1.82, 2.24) is 10.3 Å². The predicted octanol–water partition coefficient (Wildman–Crippen LogP) is -0.691. The zero-order valence-corrected chi connectivity index (χ0v) is 14.3. The fraction of sp³-hybridized carbons (Fsp3) is 0.667.